The number of rotatable bonds is 7. The van der Waals surface area contributed by atoms with Crippen LogP contribution in [0.3, 0.4) is 0 Å². The Morgan fingerprint density at radius 1 is 1.06 bits per heavy atom. The third-order valence-corrected chi connectivity index (χ3v) is 5.15. The molecule has 4 aromatic rings. The topological polar surface area (TPSA) is 81.6 Å². The van der Waals surface area contributed by atoms with Crippen molar-refractivity contribution in [3.05, 3.63) is 96.1 Å². The van der Waals surface area contributed by atoms with Gasteiger partial charge in [-0.3, -0.25) is 9.67 Å². The fourth-order valence-corrected chi connectivity index (χ4v) is 3.38. The van der Waals surface area contributed by atoms with E-state index < -0.39 is 23.3 Å². The third kappa shape index (κ3) is 4.41. The normalized spacial score (nSPS) is 14.6. The third-order valence-electron chi connectivity index (χ3n) is 5.15. The number of halogens is 2. The molecule has 7 nitrogen and oxygen atoms in total. The first kappa shape index (κ1) is 20.5. The Balaban J connectivity index is 1.67. The zero-order valence-corrected chi connectivity index (χ0v) is 16.7. The van der Waals surface area contributed by atoms with Gasteiger partial charge in [0, 0.05) is 35.8 Å². The first-order chi connectivity index (χ1) is 15.0. The number of aromatic nitrogens is 6. The van der Waals surface area contributed by atoms with E-state index in [1.165, 1.54) is 23.4 Å². The molecule has 0 unspecified atom stereocenters. The number of aliphatic hydroxyl groups is 1. The Labute approximate surface area is 177 Å². The quantitative estimate of drug-likeness (QED) is 0.493. The number of nitrogens with zero attached hydrogens (tertiary/aromatic N) is 6. The minimum atomic E-state index is -1.77. The second-order valence-electron chi connectivity index (χ2n) is 7.19. The Morgan fingerprint density at radius 3 is 2.55 bits per heavy atom. The van der Waals surface area contributed by atoms with E-state index >= 15 is 0 Å². The number of hydrogen-bond donors (Lipinski definition) is 1. The highest BCUT2D eigenvalue weighted by Gasteiger charge is 2.40. The first-order valence-corrected chi connectivity index (χ1v) is 9.58. The maximum absolute atomic E-state index is 14.7. The van der Waals surface area contributed by atoms with E-state index in [1.54, 1.807) is 36.4 Å². The van der Waals surface area contributed by atoms with Gasteiger partial charge in [0.2, 0.25) is 0 Å². The summed E-state index contributed by atoms with van der Waals surface area (Å²) in [6, 6.07) is 6.14. The van der Waals surface area contributed by atoms with Gasteiger partial charge in [0.05, 0.1) is 18.8 Å². The van der Waals surface area contributed by atoms with Gasteiger partial charge in [0.25, 0.3) is 0 Å². The minimum absolute atomic E-state index is 0.0544. The van der Waals surface area contributed by atoms with Gasteiger partial charge in [-0.2, -0.15) is 10.2 Å². The van der Waals surface area contributed by atoms with Crippen molar-refractivity contribution in [3.63, 3.8) is 0 Å². The fraction of sp³-hybridized carbons (Fsp3) is 0.182. The van der Waals surface area contributed by atoms with E-state index in [0.29, 0.717) is 0 Å². The van der Waals surface area contributed by atoms with Gasteiger partial charge in [-0.15, -0.1) is 0 Å². The maximum Gasteiger partial charge on any atom is 0.137 e. The molecular formula is C22H20F2N6O. The van der Waals surface area contributed by atoms with Gasteiger partial charge >= 0.3 is 0 Å². The van der Waals surface area contributed by atoms with Crippen molar-refractivity contribution >= 4 is 12.2 Å². The molecule has 3 aromatic heterocycles. The summed E-state index contributed by atoms with van der Waals surface area (Å²) in [6.07, 6.45) is 13.3. The Bertz CT molecular complexity index is 1180. The number of hydrogen-bond acceptors (Lipinski definition) is 5. The first-order valence-electron chi connectivity index (χ1n) is 9.58. The molecule has 0 amide bonds. The smallest absolute Gasteiger partial charge is 0.137 e. The van der Waals surface area contributed by atoms with Gasteiger partial charge in [0.1, 0.15) is 29.9 Å². The van der Waals surface area contributed by atoms with Gasteiger partial charge < -0.3 is 5.11 Å². The summed E-state index contributed by atoms with van der Waals surface area (Å²) >= 11 is 0. The van der Waals surface area contributed by atoms with E-state index in [0.717, 1.165) is 23.3 Å². The summed E-state index contributed by atoms with van der Waals surface area (Å²) in [5.41, 5.74) is -0.0525. The zero-order chi connectivity index (χ0) is 21.8. The van der Waals surface area contributed by atoms with E-state index in [9.17, 15) is 13.9 Å². The Morgan fingerprint density at radius 2 is 1.84 bits per heavy atom. The maximum atomic E-state index is 14.7. The molecular weight excluding hydrogens is 402 g/mol. The predicted octanol–water partition coefficient (Wildman–Crippen LogP) is 3.47. The number of pyridine rings is 1. The van der Waals surface area contributed by atoms with Crippen molar-refractivity contribution in [2.45, 2.75) is 25.1 Å². The predicted molar refractivity (Wildman–Crippen MR) is 110 cm³/mol. The second-order valence-corrected chi connectivity index (χ2v) is 7.19. The lowest BCUT2D eigenvalue weighted by Gasteiger charge is -2.34. The lowest BCUT2D eigenvalue weighted by Crippen LogP contribution is -2.40. The molecule has 0 spiro atoms. The van der Waals surface area contributed by atoms with Crippen LogP contribution in [0.2, 0.25) is 0 Å². The molecule has 0 aliphatic heterocycles. The summed E-state index contributed by atoms with van der Waals surface area (Å²) in [5.74, 6) is -1.57. The van der Waals surface area contributed by atoms with Crippen LogP contribution in [0.4, 0.5) is 8.78 Å². The summed E-state index contributed by atoms with van der Waals surface area (Å²) in [5, 5.41) is 20.0. The largest absolute Gasteiger partial charge is 0.381 e. The zero-order valence-electron chi connectivity index (χ0n) is 16.7. The molecule has 0 fully saturated rings. The van der Waals surface area contributed by atoms with Gasteiger partial charge in [-0.25, -0.2) is 18.4 Å². The van der Waals surface area contributed by atoms with Crippen molar-refractivity contribution in [2.24, 2.45) is 0 Å². The van der Waals surface area contributed by atoms with Crippen molar-refractivity contribution in [1.82, 2.24) is 29.5 Å². The average Bonchev–Trinajstić information content (AvgIpc) is 3.44. The van der Waals surface area contributed by atoms with E-state index in [1.807, 2.05) is 24.3 Å². The molecule has 0 saturated carbocycles. The minimum Gasteiger partial charge on any atom is -0.381 e. The van der Waals surface area contributed by atoms with Crippen LogP contribution in [0, 0.1) is 11.6 Å². The van der Waals surface area contributed by atoms with Crippen LogP contribution >= 0.6 is 0 Å². The summed E-state index contributed by atoms with van der Waals surface area (Å²) < 4.78 is 31.1. The molecule has 31 heavy (non-hydrogen) atoms. The van der Waals surface area contributed by atoms with Gasteiger partial charge in [-0.05, 0) is 30.7 Å². The average molecular weight is 422 g/mol. The summed E-state index contributed by atoms with van der Waals surface area (Å²) in [6.45, 7) is 1.61. The fourth-order valence-electron chi connectivity index (χ4n) is 3.38. The molecule has 1 aromatic carbocycles. The molecule has 158 valence electrons. The number of benzene rings is 1. The van der Waals surface area contributed by atoms with E-state index in [2.05, 4.69) is 20.2 Å². The SMILES string of the molecule is C[C@@H](n1cc(/C=C/c2ccncc2)cn1)[C@](O)(Cn1cncn1)c1ccc(F)cc1F. The highest BCUT2D eigenvalue weighted by molar-refractivity contribution is 5.68. The Kier molecular flexibility index (Phi) is 5.68. The molecule has 0 saturated heterocycles. The monoisotopic (exact) mass is 422 g/mol. The van der Waals surface area contributed by atoms with Crippen molar-refractivity contribution in [1.29, 1.82) is 0 Å². The Hall–Kier alpha value is -3.72. The molecule has 0 bridgehead atoms. The van der Waals surface area contributed by atoms with Crippen LogP contribution in [0.25, 0.3) is 12.2 Å². The van der Waals surface area contributed by atoms with E-state index in [-0.39, 0.29) is 12.1 Å². The van der Waals surface area contributed by atoms with Crippen LogP contribution in [-0.2, 0) is 12.1 Å². The molecule has 4 rings (SSSR count). The van der Waals surface area contributed by atoms with E-state index in [4.69, 9.17) is 0 Å². The molecule has 0 aliphatic carbocycles. The van der Waals surface area contributed by atoms with Crippen LogP contribution in [-0.4, -0.2) is 34.6 Å². The molecule has 0 aliphatic rings. The summed E-state index contributed by atoms with van der Waals surface area (Å²) in [7, 11) is 0. The highest BCUT2D eigenvalue weighted by Crippen LogP contribution is 2.36. The van der Waals surface area contributed by atoms with Crippen molar-refractivity contribution in [3.8, 4) is 0 Å². The van der Waals surface area contributed by atoms with Crippen LogP contribution < -0.4 is 0 Å². The van der Waals surface area contributed by atoms with Crippen molar-refractivity contribution < 1.29 is 13.9 Å². The molecule has 3 heterocycles. The van der Waals surface area contributed by atoms with Gasteiger partial charge in [0.15, 0.2) is 0 Å². The standard InChI is InChI=1S/C22H20F2N6O/c1-16(30-12-18(11-27-30)3-2-17-6-8-25-9-7-17)22(31,13-29-15-26-14-28-29)20-5-4-19(23)10-21(20)24/h2-12,14-16,31H,13H2,1H3/b3-2+/t16-,22-/m1/s1. The van der Waals surface area contributed by atoms with Crippen LogP contribution in [0.15, 0.2) is 67.8 Å². The van der Waals surface area contributed by atoms with Crippen LogP contribution in [0.1, 0.15) is 29.7 Å². The molecule has 2 atom stereocenters. The van der Waals surface area contributed by atoms with Gasteiger partial charge in [-0.1, -0.05) is 18.2 Å². The molecule has 1 N–H and O–H groups in total. The lowest BCUT2D eigenvalue weighted by atomic mass is 9.86. The summed E-state index contributed by atoms with van der Waals surface area (Å²) in [4.78, 5) is 7.86. The second kappa shape index (κ2) is 8.57. The molecule has 9 heteroatoms. The molecule has 0 radical (unpaired) electrons. The van der Waals surface area contributed by atoms with Crippen molar-refractivity contribution in [2.75, 3.05) is 0 Å². The van der Waals surface area contributed by atoms with Crippen LogP contribution in [0.5, 0.6) is 0 Å². The lowest BCUT2D eigenvalue weighted by molar-refractivity contribution is -0.0369. The highest BCUT2D eigenvalue weighted by atomic mass is 19.1.